The van der Waals surface area contributed by atoms with Gasteiger partial charge in [0.2, 0.25) is 0 Å². The number of nitrogen functional groups attached to an aromatic ring is 1. The zero-order valence-corrected chi connectivity index (χ0v) is 11.9. The summed E-state index contributed by atoms with van der Waals surface area (Å²) in [7, 11) is 2.04. The molecule has 6 heteroatoms. The molecule has 1 aliphatic heterocycles. The fourth-order valence-electron chi connectivity index (χ4n) is 2.61. The number of anilines is 2. The average molecular weight is 281 g/mol. The molecule has 20 heavy (non-hydrogen) atoms. The Hall–Kier alpha value is -1.82. The lowest BCUT2D eigenvalue weighted by Crippen LogP contribution is -2.55. The van der Waals surface area contributed by atoms with Crippen molar-refractivity contribution < 1.29 is 14.3 Å². The van der Waals surface area contributed by atoms with Gasteiger partial charge in [-0.05, 0) is 33.0 Å². The summed E-state index contributed by atoms with van der Waals surface area (Å²) >= 11 is 0. The predicted octanol–water partition coefficient (Wildman–Crippen LogP) is 1.63. The van der Waals surface area contributed by atoms with E-state index in [9.17, 15) is 9.18 Å². The Bertz CT molecular complexity index is 523. The number of carboxylic acids is 1. The highest BCUT2D eigenvalue weighted by molar-refractivity contribution is 5.95. The second-order valence-corrected chi connectivity index (χ2v) is 5.46. The molecule has 0 saturated carbocycles. The van der Waals surface area contributed by atoms with Gasteiger partial charge in [0.05, 0.1) is 11.3 Å². The van der Waals surface area contributed by atoms with E-state index in [2.05, 4.69) is 18.7 Å². The molecule has 0 amide bonds. The van der Waals surface area contributed by atoms with Crippen LogP contribution in [-0.2, 0) is 0 Å². The lowest BCUT2D eigenvalue weighted by Gasteiger charge is -2.43. The van der Waals surface area contributed by atoms with Crippen molar-refractivity contribution in [1.29, 1.82) is 0 Å². The molecule has 1 saturated heterocycles. The van der Waals surface area contributed by atoms with E-state index in [1.54, 1.807) is 0 Å². The molecule has 1 aromatic rings. The quantitative estimate of drug-likeness (QED) is 0.806. The zero-order chi connectivity index (χ0) is 15.0. The van der Waals surface area contributed by atoms with Gasteiger partial charge in [-0.15, -0.1) is 0 Å². The minimum absolute atomic E-state index is 0.0472. The number of rotatable bonds is 2. The highest BCUT2D eigenvalue weighted by Crippen LogP contribution is 2.28. The Morgan fingerprint density at radius 3 is 2.40 bits per heavy atom. The highest BCUT2D eigenvalue weighted by Gasteiger charge is 2.28. The Kier molecular flexibility index (Phi) is 3.85. The fraction of sp³-hybridized carbons (Fsp3) is 0.500. The molecule has 3 N–H and O–H groups in total. The van der Waals surface area contributed by atoms with E-state index < -0.39 is 11.8 Å². The van der Waals surface area contributed by atoms with Crippen LogP contribution in [0.15, 0.2) is 12.1 Å². The van der Waals surface area contributed by atoms with Crippen molar-refractivity contribution in [3.8, 4) is 0 Å². The number of halogens is 1. The average Bonchev–Trinajstić information content (AvgIpc) is 2.35. The number of hydrogen-bond donors (Lipinski definition) is 2. The van der Waals surface area contributed by atoms with Gasteiger partial charge >= 0.3 is 5.97 Å². The highest BCUT2D eigenvalue weighted by atomic mass is 19.1. The Labute approximate surface area is 117 Å². The summed E-state index contributed by atoms with van der Waals surface area (Å²) in [5.74, 6) is -1.62. The molecule has 1 aromatic carbocycles. The first-order chi connectivity index (χ1) is 9.31. The van der Waals surface area contributed by atoms with Gasteiger partial charge in [-0.25, -0.2) is 9.18 Å². The van der Waals surface area contributed by atoms with Crippen LogP contribution in [0.2, 0.25) is 0 Å². The monoisotopic (exact) mass is 281 g/mol. The molecule has 5 nitrogen and oxygen atoms in total. The second kappa shape index (κ2) is 5.28. The number of aromatic carboxylic acids is 1. The van der Waals surface area contributed by atoms with Gasteiger partial charge in [0.1, 0.15) is 5.82 Å². The van der Waals surface area contributed by atoms with E-state index in [1.165, 1.54) is 6.07 Å². The van der Waals surface area contributed by atoms with E-state index in [-0.39, 0.29) is 23.3 Å². The Morgan fingerprint density at radius 2 is 1.90 bits per heavy atom. The topological polar surface area (TPSA) is 69.8 Å². The maximum absolute atomic E-state index is 14.1. The molecule has 1 fully saturated rings. The van der Waals surface area contributed by atoms with Crippen LogP contribution in [0.1, 0.15) is 24.2 Å². The van der Waals surface area contributed by atoms with Crippen LogP contribution in [0.4, 0.5) is 15.8 Å². The van der Waals surface area contributed by atoms with Crippen molar-refractivity contribution in [3.63, 3.8) is 0 Å². The molecule has 2 atom stereocenters. The summed E-state index contributed by atoms with van der Waals surface area (Å²) in [4.78, 5) is 15.2. The van der Waals surface area contributed by atoms with Gasteiger partial charge in [0.25, 0.3) is 0 Å². The number of carbonyl (C=O) groups is 1. The normalized spacial score (nSPS) is 23.9. The summed E-state index contributed by atoms with van der Waals surface area (Å²) in [5.41, 5.74) is 5.76. The van der Waals surface area contributed by atoms with Crippen LogP contribution in [0.25, 0.3) is 0 Å². The first-order valence-corrected chi connectivity index (χ1v) is 6.60. The number of benzene rings is 1. The molecule has 0 aromatic heterocycles. The third-order valence-electron chi connectivity index (χ3n) is 4.05. The summed E-state index contributed by atoms with van der Waals surface area (Å²) in [5, 5.41) is 9.10. The SMILES string of the molecule is CC1CN(c2cc(C(=O)O)c(N)cc2F)CC(C)N1C. The van der Waals surface area contributed by atoms with Crippen LogP contribution >= 0.6 is 0 Å². The van der Waals surface area contributed by atoms with E-state index in [4.69, 9.17) is 10.8 Å². The molecule has 0 bridgehead atoms. The molecule has 1 aliphatic rings. The molecular weight excluding hydrogens is 261 g/mol. The number of hydrogen-bond acceptors (Lipinski definition) is 4. The lowest BCUT2D eigenvalue weighted by molar-refractivity contribution is 0.0698. The van der Waals surface area contributed by atoms with Crippen LogP contribution < -0.4 is 10.6 Å². The van der Waals surface area contributed by atoms with Gasteiger partial charge < -0.3 is 15.7 Å². The molecule has 0 radical (unpaired) electrons. The summed E-state index contributed by atoms with van der Waals surface area (Å²) in [6.45, 7) is 5.44. The summed E-state index contributed by atoms with van der Waals surface area (Å²) < 4.78 is 14.1. The maximum atomic E-state index is 14.1. The van der Waals surface area contributed by atoms with Crippen LogP contribution in [0, 0.1) is 5.82 Å². The second-order valence-electron chi connectivity index (χ2n) is 5.46. The van der Waals surface area contributed by atoms with E-state index in [0.29, 0.717) is 18.8 Å². The molecular formula is C14H20FN3O2. The fourth-order valence-corrected chi connectivity index (χ4v) is 2.61. The van der Waals surface area contributed by atoms with Crippen LogP contribution in [-0.4, -0.2) is 48.2 Å². The van der Waals surface area contributed by atoms with Crippen LogP contribution in [0.3, 0.4) is 0 Å². The first kappa shape index (κ1) is 14.6. The number of carboxylic acid groups (broad SMARTS) is 1. The van der Waals surface area contributed by atoms with Gasteiger partial charge in [0.15, 0.2) is 0 Å². The van der Waals surface area contributed by atoms with Crippen LogP contribution in [0.5, 0.6) is 0 Å². The lowest BCUT2D eigenvalue weighted by atomic mass is 10.1. The van der Waals surface area contributed by atoms with Crippen molar-refractivity contribution in [1.82, 2.24) is 4.90 Å². The van der Waals surface area contributed by atoms with E-state index in [1.807, 2.05) is 11.9 Å². The standard InChI is InChI=1S/C14H20FN3O2/c1-8-6-18(7-9(2)17(8)3)13-4-10(14(19)20)12(16)5-11(13)15/h4-5,8-9H,6-7,16H2,1-3H3,(H,19,20). The van der Waals surface area contributed by atoms with Gasteiger partial charge in [-0.1, -0.05) is 0 Å². The Morgan fingerprint density at radius 1 is 1.35 bits per heavy atom. The smallest absolute Gasteiger partial charge is 0.337 e. The number of nitrogens with zero attached hydrogens (tertiary/aromatic N) is 2. The molecule has 0 spiro atoms. The molecule has 1 heterocycles. The summed E-state index contributed by atoms with van der Waals surface area (Å²) in [6, 6.07) is 2.96. The Balaban J connectivity index is 2.37. The van der Waals surface area contributed by atoms with Crippen molar-refractivity contribution in [2.45, 2.75) is 25.9 Å². The van der Waals surface area contributed by atoms with Crippen molar-refractivity contribution in [2.24, 2.45) is 0 Å². The zero-order valence-electron chi connectivity index (χ0n) is 11.9. The van der Waals surface area contributed by atoms with Gasteiger partial charge in [-0.3, -0.25) is 4.90 Å². The third-order valence-corrected chi connectivity index (χ3v) is 4.05. The van der Waals surface area contributed by atoms with E-state index in [0.717, 1.165) is 6.07 Å². The largest absolute Gasteiger partial charge is 0.478 e. The van der Waals surface area contributed by atoms with Crippen molar-refractivity contribution >= 4 is 17.3 Å². The van der Waals surface area contributed by atoms with Crippen molar-refractivity contribution in [3.05, 3.63) is 23.5 Å². The summed E-state index contributed by atoms with van der Waals surface area (Å²) in [6.07, 6.45) is 0. The van der Waals surface area contributed by atoms with Gasteiger partial charge in [0, 0.05) is 30.9 Å². The molecule has 110 valence electrons. The minimum Gasteiger partial charge on any atom is -0.478 e. The van der Waals surface area contributed by atoms with Crippen molar-refractivity contribution in [2.75, 3.05) is 30.8 Å². The molecule has 2 unspecified atom stereocenters. The number of nitrogens with two attached hydrogens (primary N) is 1. The minimum atomic E-state index is -1.14. The molecule has 2 rings (SSSR count). The first-order valence-electron chi connectivity index (χ1n) is 6.60. The number of likely N-dealkylation sites (N-methyl/N-ethyl adjacent to an activating group) is 1. The third kappa shape index (κ3) is 2.56. The molecule has 0 aliphatic carbocycles. The predicted molar refractivity (Wildman–Crippen MR) is 76.7 cm³/mol. The van der Waals surface area contributed by atoms with E-state index >= 15 is 0 Å². The number of piperazine rings is 1. The van der Waals surface area contributed by atoms with Gasteiger partial charge in [-0.2, -0.15) is 0 Å². The maximum Gasteiger partial charge on any atom is 0.337 e.